The Kier molecular flexibility index (Phi) is 2.86. The van der Waals surface area contributed by atoms with Crippen LogP contribution in [-0.2, 0) is 11.2 Å². The van der Waals surface area contributed by atoms with Gasteiger partial charge in [0.1, 0.15) is 0 Å². The molecular formula is C13H13NO2. The van der Waals surface area contributed by atoms with Gasteiger partial charge < -0.3 is 5.11 Å². The van der Waals surface area contributed by atoms with Gasteiger partial charge in [-0.3, -0.25) is 9.78 Å². The van der Waals surface area contributed by atoms with Crippen molar-refractivity contribution in [2.75, 3.05) is 0 Å². The van der Waals surface area contributed by atoms with E-state index in [1.807, 2.05) is 37.3 Å². The van der Waals surface area contributed by atoms with Crippen LogP contribution in [-0.4, -0.2) is 16.1 Å². The number of carboxylic acids is 1. The normalized spacial score (nSPS) is 10.6. The van der Waals surface area contributed by atoms with E-state index in [4.69, 9.17) is 5.11 Å². The van der Waals surface area contributed by atoms with Crippen molar-refractivity contribution in [1.29, 1.82) is 0 Å². The van der Waals surface area contributed by atoms with Crippen molar-refractivity contribution in [2.24, 2.45) is 0 Å². The minimum absolute atomic E-state index is 0.164. The molecule has 2 aromatic rings. The first kappa shape index (κ1) is 10.6. The molecule has 0 fully saturated rings. The monoisotopic (exact) mass is 215 g/mol. The third-order valence-corrected chi connectivity index (χ3v) is 2.52. The summed E-state index contributed by atoms with van der Waals surface area (Å²) in [5.41, 5.74) is 2.93. The second-order valence-electron chi connectivity index (χ2n) is 3.87. The van der Waals surface area contributed by atoms with Crippen LogP contribution < -0.4 is 0 Å². The fraction of sp³-hybridized carbons (Fsp3) is 0.231. The Labute approximate surface area is 93.7 Å². The standard InChI is InChI=1S/C13H13NO2/c1-9-2-5-11-6-3-10(4-7-13(15)16)8-12(11)14-9/h2-3,5-6,8H,4,7H2,1H3,(H,15,16). The number of aliphatic carboxylic acids is 1. The van der Waals surface area contributed by atoms with Crippen LogP contribution in [0.3, 0.4) is 0 Å². The summed E-state index contributed by atoms with van der Waals surface area (Å²) in [6, 6.07) is 9.91. The van der Waals surface area contributed by atoms with Gasteiger partial charge in [0, 0.05) is 17.5 Å². The second kappa shape index (κ2) is 4.31. The average molecular weight is 215 g/mol. The van der Waals surface area contributed by atoms with E-state index >= 15 is 0 Å². The molecule has 0 aliphatic heterocycles. The summed E-state index contributed by atoms with van der Waals surface area (Å²) in [5.74, 6) is -0.766. The summed E-state index contributed by atoms with van der Waals surface area (Å²) in [5, 5.41) is 9.70. The highest BCUT2D eigenvalue weighted by Gasteiger charge is 2.01. The van der Waals surface area contributed by atoms with Crippen LogP contribution >= 0.6 is 0 Å². The van der Waals surface area contributed by atoms with E-state index in [2.05, 4.69) is 4.98 Å². The topological polar surface area (TPSA) is 50.2 Å². The molecule has 0 bridgehead atoms. The van der Waals surface area contributed by atoms with Crippen LogP contribution in [0.5, 0.6) is 0 Å². The van der Waals surface area contributed by atoms with E-state index in [0.29, 0.717) is 6.42 Å². The minimum Gasteiger partial charge on any atom is -0.481 e. The third-order valence-electron chi connectivity index (χ3n) is 2.52. The zero-order chi connectivity index (χ0) is 11.5. The molecule has 0 radical (unpaired) electrons. The number of aryl methyl sites for hydroxylation is 2. The summed E-state index contributed by atoms with van der Waals surface area (Å²) < 4.78 is 0. The van der Waals surface area contributed by atoms with Gasteiger partial charge >= 0.3 is 5.97 Å². The van der Waals surface area contributed by atoms with Gasteiger partial charge in [-0.25, -0.2) is 0 Å². The molecule has 2 rings (SSSR count). The molecule has 0 spiro atoms. The average Bonchev–Trinajstić information content (AvgIpc) is 2.25. The number of aromatic nitrogens is 1. The number of carboxylic acid groups (broad SMARTS) is 1. The van der Waals surface area contributed by atoms with Crippen molar-refractivity contribution < 1.29 is 9.90 Å². The zero-order valence-corrected chi connectivity index (χ0v) is 9.10. The first-order valence-corrected chi connectivity index (χ1v) is 5.23. The lowest BCUT2D eigenvalue weighted by atomic mass is 10.1. The third kappa shape index (κ3) is 2.37. The fourth-order valence-corrected chi connectivity index (χ4v) is 1.67. The first-order valence-electron chi connectivity index (χ1n) is 5.23. The molecule has 0 saturated heterocycles. The molecule has 0 amide bonds. The molecule has 3 nitrogen and oxygen atoms in total. The van der Waals surface area contributed by atoms with Crippen LogP contribution in [0.2, 0.25) is 0 Å². The van der Waals surface area contributed by atoms with Crippen molar-refractivity contribution in [3.05, 3.63) is 41.6 Å². The molecule has 1 N–H and O–H groups in total. The minimum atomic E-state index is -0.766. The van der Waals surface area contributed by atoms with Crippen molar-refractivity contribution >= 4 is 16.9 Å². The number of benzene rings is 1. The van der Waals surface area contributed by atoms with Gasteiger partial charge in [0.15, 0.2) is 0 Å². The molecule has 16 heavy (non-hydrogen) atoms. The lowest BCUT2D eigenvalue weighted by molar-refractivity contribution is -0.136. The zero-order valence-electron chi connectivity index (χ0n) is 9.10. The molecule has 82 valence electrons. The molecular weight excluding hydrogens is 202 g/mol. The van der Waals surface area contributed by atoms with Crippen LogP contribution in [0.4, 0.5) is 0 Å². The van der Waals surface area contributed by atoms with Crippen LogP contribution in [0.1, 0.15) is 17.7 Å². The maximum absolute atomic E-state index is 10.5. The number of hydrogen-bond acceptors (Lipinski definition) is 2. The summed E-state index contributed by atoms with van der Waals surface area (Å²) in [4.78, 5) is 14.9. The quantitative estimate of drug-likeness (QED) is 0.856. The van der Waals surface area contributed by atoms with Gasteiger partial charge in [-0.2, -0.15) is 0 Å². The van der Waals surface area contributed by atoms with Crippen LogP contribution in [0.15, 0.2) is 30.3 Å². The molecule has 0 aliphatic carbocycles. The van der Waals surface area contributed by atoms with Crippen LogP contribution in [0, 0.1) is 6.92 Å². The number of carbonyl (C=O) groups is 1. The SMILES string of the molecule is Cc1ccc2ccc(CCC(=O)O)cc2n1. The Bertz CT molecular complexity index is 534. The van der Waals surface area contributed by atoms with Gasteiger partial charge in [0.25, 0.3) is 0 Å². The lowest BCUT2D eigenvalue weighted by Crippen LogP contribution is -1.97. The molecule has 0 atom stereocenters. The molecule has 3 heteroatoms. The summed E-state index contributed by atoms with van der Waals surface area (Å²) in [6.45, 7) is 1.95. The molecule has 0 aliphatic rings. The molecule has 0 saturated carbocycles. The first-order chi connectivity index (χ1) is 7.65. The highest BCUT2D eigenvalue weighted by atomic mass is 16.4. The summed E-state index contributed by atoms with van der Waals surface area (Å²) in [7, 11) is 0. The maximum atomic E-state index is 10.5. The predicted octanol–water partition coefficient (Wildman–Crippen LogP) is 2.56. The molecule has 1 aromatic heterocycles. The number of fused-ring (bicyclic) bond motifs is 1. The maximum Gasteiger partial charge on any atom is 0.303 e. The Morgan fingerprint density at radius 1 is 1.31 bits per heavy atom. The largest absolute Gasteiger partial charge is 0.481 e. The summed E-state index contributed by atoms with van der Waals surface area (Å²) in [6.07, 6.45) is 0.720. The molecule has 1 heterocycles. The molecule has 0 unspecified atom stereocenters. The van der Waals surface area contributed by atoms with Crippen molar-refractivity contribution in [3.8, 4) is 0 Å². The van der Waals surface area contributed by atoms with E-state index in [1.54, 1.807) is 0 Å². The Hall–Kier alpha value is -1.90. The van der Waals surface area contributed by atoms with Gasteiger partial charge in [-0.1, -0.05) is 18.2 Å². The number of rotatable bonds is 3. The van der Waals surface area contributed by atoms with E-state index in [-0.39, 0.29) is 6.42 Å². The molecule has 1 aromatic carbocycles. The fourth-order valence-electron chi connectivity index (χ4n) is 1.67. The Morgan fingerprint density at radius 3 is 2.81 bits per heavy atom. The predicted molar refractivity (Wildman–Crippen MR) is 62.4 cm³/mol. The number of pyridine rings is 1. The van der Waals surface area contributed by atoms with Crippen LogP contribution in [0.25, 0.3) is 10.9 Å². The van der Waals surface area contributed by atoms with Gasteiger partial charge in [-0.05, 0) is 31.0 Å². The van der Waals surface area contributed by atoms with Gasteiger partial charge in [0.05, 0.1) is 5.52 Å². The van der Waals surface area contributed by atoms with E-state index < -0.39 is 5.97 Å². The van der Waals surface area contributed by atoms with Gasteiger partial charge in [-0.15, -0.1) is 0 Å². The number of nitrogens with zero attached hydrogens (tertiary/aromatic N) is 1. The highest BCUT2D eigenvalue weighted by Crippen LogP contribution is 2.15. The highest BCUT2D eigenvalue weighted by molar-refractivity contribution is 5.79. The second-order valence-corrected chi connectivity index (χ2v) is 3.87. The Balaban J connectivity index is 2.31. The van der Waals surface area contributed by atoms with Crippen molar-refractivity contribution in [1.82, 2.24) is 4.98 Å². The summed E-state index contributed by atoms with van der Waals surface area (Å²) >= 11 is 0. The van der Waals surface area contributed by atoms with E-state index in [0.717, 1.165) is 22.2 Å². The van der Waals surface area contributed by atoms with Gasteiger partial charge in [0.2, 0.25) is 0 Å². The number of hydrogen-bond donors (Lipinski definition) is 1. The van der Waals surface area contributed by atoms with Crippen molar-refractivity contribution in [2.45, 2.75) is 19.8 Å². The smallest absolute Gasteiger partial charge is 0.303 e. The Morgan fingerprint density at radius 2 is 2.06 bits per heavy atom. The van der Waals surface area contributed by atoms with E-state index in [1.165, 1.54) is 0 Å². The lowest BCUT2D eigenvalue weighted by Gasteiger charge is -2.02. The van der Waals surface area contributed by atoms with E-state index in [9.17, 15) is 4.79 Å². The van der Waals surface area contributed by atoms with Crippen molar-refractivity contribution in [3.63, 3.8) is 0 Å².